The highest BCUT2D eigenvalue weighted by Gasteiger charge is 2.34. The number of likely N-dealkylation sites (tertiary alicyclic amines) is 1. The van der Waals surface area contributed by atoms with Gasteiger partial charge in [-0.15, -0.1) is 17.0 Å². The fraction of sp³-hybridized carbons (Fsp3) is 0.350. The lowest BCUT2D eigenvalue weighted by Crippen LogP contribution is -2.45. The monoisotopic (exact) mass is 407 g/mol. The van der Waals surface area contributed by atoms with Gasteiger partial charge in [0.2, 0.25) is 0 Å². The van der Waals surface area contributed by atoms with E-state index in [0.29, 0.717) is 18.4 Å². The van der Waals surface area contributed by atoms with E-state index in [4.69, 9.17) is 0 Å². The van der Waals surface area contributed by atoms with Gasteiger partial charge in [-0.2, -0.15) is 0 Å². The molecule has 2 aromatic carbocycles. The molecule has 1 aliphatic heterocycles. The molecule has 0 amide bonds. The van der Waals surface area contributed by atoms with Crippen molar-refractivity contribution in [3.63, 3.8) is 0 Å². The van der Waals surface area contributed by atoms with Crippen molar-refractivity contribution in [1.29, 1.82) is 0 Å². The lowest BCUT2D eigenvalue weighted by Gasteiger charge is -2.38. The van der Waals surface area contributed by atoms with E-state index in [2.05, 4.69) is 17.0 Å². The van der Waals surface area contributed by atoms with Crippen molar-refractivity contribution in [1.82, 2.24) is 4.90 Å². The summed E-state index contributed by atoms with van der Waals surface area (Å²) in [5.41, 5.74) is 0.750. The first-order valence-corrected chi connectivity index (χ1v) is 8.32. The summed E-state index contributed by atoms with van der Waals surface area (Å²) in [5, 5.41) is 10.7. The van der Waals surface area contributed by atoms with Gasteiger partial charge in [-0.1, -0.05) is 30.3 Å². The van der Waals surface area contributed by atoms with Crippen LogP contribution < -0.4 is 0 Å². The van der Waals surface area contributed by atoms with Gasteiger partial charge in [0.15, 0.2) is 5.78 Å². The Balaban J connectivity index is 0.00000225. The second-order valence-corrected chi connectivity index (χ2v) is 6.59. The number of ketones is 1. The van der Waals surface area contributed by atoms with Gasteiger partial charge < -0.3 is 5.11 Å². The molecule has 0 unspecified atom stereocenters. The van der Waals surface area contributed by atoms with Gasteiger partial charge >= 0.3 is 0 Å². The molecule has 0 radical (unpaired) electrons. The molecule has 25 heavy (non-hydrogen) atoms. The molecule has 0 aliphatic carbocycles. The van der Waals surface area contributed by atoms with Crippen LogP contribution in [0.4, 0.5) is 4.39 Å². The van der Waals surface area contributed by atoms with Crippen molar-refractivity contribution >= 4 is 22.8 Å². The Bertz CT molecular complexity index is 683. The van der Waals surface area contributed by atoms with Crippen LogP contribution in [0.5, 0.6) is 0 Å². The van der Waals surface area contributed by atoms with Gasteiger partial charge in [0.25, 0.3) is 0 Å². The van der Waals surface area contributed by atoms with E-state index in [1.54, 1.807) is 0 Å². The number of benzene rings is 2. The molecule has 0 saturated carbocycles. The van der Waals surface area contributed by atoms with Crippen molar-refractivity contribution in [2.45, 2.75) is 31.4 Å². The van der Waals surface area contributed by atoms with E-state index in [0.717, 1.165) is 19.6 Å². The first-order chi connectivity index (χ1) is 11.5. The topological polar surface area (TPSA) is 40.5 Å². The predicted molar refractivity (Wildman–Crippen MR) is 102 cm³/mol. The molecule has 1 saturated heterocycles. The SMILES string of the molecule is Br.O=C(CC1(O)CCN(Cc2ccccc2)CC1)c1ccc(F)cc1. The smallest absolute Gasteiger partial charge is 0.165 e. The fourth-order valence-electron chi connectivity index (χ4n) is 3.18. The number of carbonyl (C=O) groups excluding carboxylic acids is 1. The number of piperidine rings is 1. The fourth-order valence-corrected chi connectivity index (χ4v) is 3.18. The van der Waals surface area contributed by atoms with Crippen LogP contribution in [-0.4, -0.2) is 34.5 Å². The van der Waals surface area contributed by atoms with Gasteiger partial charge in [-0.25, -0.2) is 4.39 Å². The third-order valence-electron chi connectivity index (χ3n) is 4.69. The Morgan fingerprint density at radius 1 is 1.04 bits per heavy atom. The molecule has 134 valence electrons. The molecule has 1 fully saturated rings. The third-order valence-corrected chi connectivity index (χ3v) is 4.69. The summed E-state index contributed by atoms with van der Waals surface area (Å²) in [6, 6.07) is 15.8. The van der Waals surface area contributed by atoms with Crippen molar-refractivity contribution in [3.05, 3.63) is 71.5 Å². The van der Waals surface area contributed by atoms with Crippen molar-refractivity contribution in [2.75, 3.05) is 13.1 Å². The standard InChI is InChI=1S/C20H22FNO2.BrH/c21-18-8-6-17(7-9-18)19(23)14-20(24)10-12-22(13-11-20)15-16-4-2-1-3-5-16;/h1-9,24H,10-15H2;1H. The zero-order valence-corrected chi connectivity index (χ0v) is 15.7. The number of carbonyl (C=O) groups is 1. The maximum absolute atomic E-state index is 12.9. The number of Topliss-reactive ketones (excluding diaryl/α,β-unsaturated/α-hetero) is 1. The minimum atomic E-state index is -0.960. The van der Waals surface area contributed by atoms with E-state index in [1.807, 2.05) is 18.2 Å². The molecule has 3 rings (SSSR count). The van der Waals surface area contributed by atoms with E-state index in [9.17, 15) is 14.3 Å². The summed E-state index contributed by atoms with van der Waals surface area (Å²) in [4.78, 5) is 14.6. The summed E-state index contributed by atoms with van der Waals surface area (Å²) in [6.45, 7) is 2.40. The van der Waals surface area contributed by atoms with Gasteiger partial charge in [0, 0.05) is 31.6 Å². The van der Waals surface area contributed by atoms with Crippen LogP contribution in [0.25, 0.3) is 0 Å². The molecule has 0 aromatic heterocycles. The third kappa shape index (κ3) is 5.46. The quantitative estimate of drug-likeness (QED) is 0.761. The molecule has 2 aromatic rings. The van der Waals surface area contributed by atoms with E-state index < -0.39 is 5.60 Å². The summed E-state index contributed by atoms with van der Waals surface area (Å²) >= 11 is 0. The molecular weight excluding hydrogens is 385 g/mol. The summed E-state index contributed by atoms with van der Waals surface area (Å²) in [7, 11) is 0. The van der Waals surface area contributed by atoms with E-state index in [-0.39, 0.29) is 35.0 Å². The van der Waals surface area contributed by atoms with Gasteiger partial charge in [0.1, 0.15) is 5.82 Å². The Morgan fingerprint density at radius 2 is 1.64 bits per heavy atom. The average Bonchev–Trinajstić information content (AvgIpc) is 2.58. The van der Waals surface area contributed by atoms with Crippen LogP contribution >= 0.6 is 17.0 Å². The zero-order chi connectivity index (χ0) is 17.0. The molecule has 3 nitrogen and oxygen atoms in total. The van der Waals surface area contributed by atoms with Crippen molar-refractivity contribution in [3.8, 4) is 0 Å². The summed E-state index contributed by atoms with van der Waals surface area (Å²) < 4.78 is 12.9. The molecule has 0 spiro atoms. The largest absolute Gasteiger partial charge is 0.389 e. The number of hydrogen-bond donors (Lipinski definition) is 1. The molecule has 0 bridgehead atoms. The zero-order valence-electron chi connectivity index (χ0n) is 14.0. The predicted octanol–water partition coefficient (Wildman–Crippen LogP) is 4.00. The number of hydrogen-bond acceptors (Lipinski definition) is 3. The number of rotatable bonds is 5. The normalized spacial score (nSPS) is 16.9. The first-order valence-electron chi connectivity index (χ1n) is 8.32. The van der Waals surface area contributed by atoms with Crippen molar-refractivity contribution < 1.29 is 14.3 Å². The Labute approximate surface area is 158 Å². The lowest BCUT2D eigenvalue weighted by atomic mass is 9.85. The van der Waals surface area contributed by atoms with Crippen LogP contribution in [0.2, 0.25) is 0 Å². The summed E-state index contributed by atoms with van der Waals surface area (Å²) in [6.07, 6.45) is 1.25. The van der Waals surface area contributed by atoms with E-state index >= 15 is 0 Å². The highest BCUT2D eigenvalue weighted by Crippen LogP contribution is 2.28. The molecule has 0 atom stereocenters. The summed E-state index contributed by atoms with van der Waals surface area (Å²) in [5.74, 6) is -0.492. The maximum atomic E-state index is 12.9. The number of nitrogens with zero attached hydrogens (tertiary/aromatic N) is 1. The second-order valence-electron chi connectivity index (χ2n) is 6.59. The molecule has 5 heteroatoms. The van der Waals surface area contributed by atoms with Crippen LogP contribution in [0.15, 0.2) is 54.6 Å². The van der Waals surface area contributed by atoms with Crippen LogP contribution in [0.3, 0.4) is 0 Å². The van der Waals surface area contributed by atoms with Gasteiger partial charge in [0.05, 0.1) is 5.60 Å². The first kappa shape index (κ1) is 19.8. The van der Waals surface area contributed by atoms with Gasteiger partial charge in [-0.3, -0.25) is 9.69 Å². The van der Waals surface area contributed by atoms with Crippen LogP contribution in [-0.2, 0) is 6.54 Å². The highest BCUT2D eigenvalue weighted by atomic mass is 79.9. The highest BCUT2D eigenvalue weighted by molar-refractivity contribution is 8.93. The molecular formula is C20H23BrFNO2. The molecule has 1 heterocycles. The van der Waals surface area contributed by atoms with Crippen LogP contribution in [0.1, 0.15) is 35.2 Å². The lowest BCUT2D eigenvalue weighted by molar-refractivity contribution is -0.0241. The molecule has 1 aliphatic rings. The minimum Gasteiger partial charge on any atom is -0.389 e. The number of halogens is 2. The molecule has 1 N–H and O–H groups in total. The Kier molecular flexibility index (Phi) is 6.87. The Hall–Kier alpha value is -1.56. The second kappa shape index (κ2) is 8.70. The maximum Gasteiger partial charge on any atom is 0.165 e. The van der Waals surface area contributed by atoms with Crippen LogP contribution in [0, 0.1) is 5.82 Å². The number of aliphatic hydroxyl groups is 1. The van der Waals surface area contributed by atoms with Crippen molar-refractivity contribution in [2.24, 2.45) is 0 Å². The Morgan fingerprint density at radius 3 is 2.24 bits per heavy atom. The van der Waals surface area contributed by atoms with E-state index in [1.165, 1.54) is 29.8 Å². The average molecular weight is 408 g/mol. The minimum absolute atomic E-state index is 0. The van der Waals surface area contributed by atoms with Gasteiger partial charge in [-0.05, 0) is 42.7 Å².